The van der Waals surface area contributed by atoms with Gasteiger partial charge in [0.15, 0.2) is 6.10 Å². The Morgan fingerprint density at radius 2 is 1.89 bits per heavy atom. The molecule has 6 heteroatoms. The van der Waals surface area contributed by atoms with E-state index in [1.54, 1.807) is 30.3 Å². The van der Waals surface area contributed by atoms with Crippen LogP contribution in [-0.2, 0) is 16.1 Å². The summed E-state index contributed by atoms with van der Waals surface area (Å²) in [6, 6.07) is 8.67. The number of rotatable bonds is 5. The third-order valence-corrected chi connectivity index (χ3v) is 2.20. The fraction of sp³-hybridized carbons (Fsp3) is 0.417. The predicted molar refractivity (Wildman–Crippen MR) is 57.5 cm³/mol. The van der Waals surface area contributed by atoms with Gasteiger partial charge in [0.05, 0.1) is 0 Å². The second-order valence-corrected chi connectivity index (χ2v) is 3.76. The molecule has 1 rings (SSSR count). The Hall–Kier alpha value is -1.56. The lowest BCUT2D eigenvalue weighted by Gasteiger charge is -2.12. The first-order chi connectivity index (χ1) is 8.38. The molecular formula is C12H13F3O3. The van der Waals surface area contributed by atoms with Crippen molar-refractivity contribution in [1.29, 1.82) is 0 Å². The van der Waals surface area contributed by atoms with E-state index in [1.165, 1.54) is 0 Å². The van der Waals surface area contributed by atoms with E-state index in [0.717, 1.165) is 0 Å². The van der Waals surface area contributed by atoms with E-state index < -0.39 is 31.1 Å². The molecule has 1 N–H and O–H groups in total. The molecule has 0 fully saturated rings. The van der Waals surface area contributed by atoms with Gasteiger partial charge in [-0.1, -0.05) is 30.3 Å². The largest absolute Gasteiger partial charge is 0.459 e. The monoisotopic (exact) mass is 262 g/mol. The number of esters is 1. The van der Waals surface area contributed by atoms with Crippen molar-refractivity contribution in [1.82, 2.24) is 0 Å². The number of halogens is 3. The molecule has 0 aromatic heterocycles. The third-order valence-electron chi connectivity index (χ3n) is 2.20. The number of hydrogen-bond acceptors (Lipinski definition) is 3. The van der Waals surface area contributed by atoms with Gasteiger partial charge in [0, 0.05) is 6.42 Å². The molecule has 0 saturated carbocycles. The summed E-state index contributed by atoms with van der Waals surface area (Å²) in [6.45, 7) is -0.0667. The van der Waals surface area contributed by atoms with Crippen LogP contribution >= 0.6 is 0 Å². The molecule has 3 nitrogen and oxygen atoms in total. The zero-order valence-electron chi connectivity index (χ0n) is 9.48. The molecule has 0 radical (unpaired) electrons. The molecule has 100 valence electrons. The molecule has 1 aromatic rings. The predicted octanol–water partition coefficient (Wildman–Crippen LogP) is 2.43. The van der Waals surface area contributed by atoms with Crippen molar-refractivity contribution in [2.45, 2.75) is 31.7 Å². The first-order valence-corrected chi connectivity index (χ1v) is 5.34. The molecule has 1 atom stereocenters. The highest BCUT2D eigenvalue weighted by Crippen LogP contribution is 2.22. The topological polar surface area (TPSA) is 46.5 Å². The molecule has 0 aliphatic carbocycles. The van der Waals surface area contributed by atoms with Crippen LogP contribution in [0.2, 0.25) is 0 Å². The van der Waals surface area contributed by atoms with Crippen molar-refractivity contribution in [2.24, 2.45) is 0 Å². The van der Waals surface area contributed by atoms with E-state index in [1.807, 2.05) is 0 Å². The Balaban J connectivity index is 2.32. The van der Waals surface area contributed by atoms with Crippen molar-refractivity contribution < 1.29 is 27.8 Å². The van der Waals surface area contributed by atoms with Crippen LogP contribution in [0.5, 0.6) is 0 Å². The molecule has 0 saturated heterocycles. The molecule has 0 amide bonds. The zero-order valence-corrected chi connectivity index (χ0v) is 9.48. The van der Waals surface area contributed by atoms with Crippen LogP contribution in [0.25, 0.3) is 0 Å². The maximum absolute atomic E-state index is 11.9. The van der Waals surface area contributed by atoms with Crippen LogP contribution in [0.15, 0.2) is 30.3 Å². The van der Waals surface area contributed by atoms with Gasteiger partial charge in [-0.2, -0.15) is 13.2 Å². The summed E-state index contributed by atoms with van der Waals surface area (Å²) in [5, 5.41) is 9.18. The van der Waals surface area contributed by atoms with Crippen molar-refractivity contribution in [3.8, 4) is 0 Å². The molecule has 0 spiro atoms. The fourth-order valence-electron chi connectivity index (χ4n) is 1.24. The number of carbonyl (C=O) groups is 1. The van der Waals surface area contributed by atoms with Crippen LogP contribution in [0, 0.1) is 0 Å². The lowest BCUT2D eigenvalue weighted by atomic mass is 10.2. The van der Waals surface area contributed by atoms with Crippen molar-refractivity contribution in [3.63, 3.8) is 0 Å². The minimum absolute atomic E-state index is 0.0667. The summed E-state index contributed by atoms with van der Waals surface area (Å²) >= 11 is 0. The molecular weight excluding hydrogens is 249 g/mol. The summed E-state index contributed by atoms with van der Waals surface area (Å²) in [7, 11) is 0. The molecule has 0 aliphatic heterocycles. The van der Waals surface area contributed by atoms with Crippen molar-refractivity contribution in [3.05, 3.63) is 35.9 Å². The van der Waals surface area contributed by atoms with Gasteiger partial charge in [-0.3, -0.25) is 0 Å². The number of carbonyl (C=O) groups excluding carboxylic acids is 1. The standard InChI is InChI=1S/C12H13F3O3/c13-12(14,15)7-6-10(16)11(17)18-8-9-4-2-1-3-5-9/h1-5,10,16H,6-8H2/t10-/m1/s1. The van der Waals surface area contributed by atoms with Gasteiger partial charge in [-0.05, 0) is 12.0 Å². The molecule has 18 heavy (non-hydrogen) atoms. The number of alkyl halides is 3. The Bertz CT molecular complexity index is 376. The molecule has 0 heterocycles. The number of aliphatic hydroxyl groups excluding tert-OH is 1. The normalized spacial score (nSPS) is 13.1. The second kappa shape index (κ2) is 6.39. The zero-order chi connectivity index (χ0) is 13.6. The van der Waals surface area contributed by atoms with Crippen molar-refractivity contribution in [2.75, 3.05) is 0 Å². The number of benzene rings is 1. The van der Waals surface area contributed by atoms with E-state index in [4.69, 9.17) is 4.74 Å². The first-order valence-electron chi connectivity index (χ1n) is 5.34. The Labute approximate surface area is 102 Å². The minimum atomic E-state index is -4.39. The van der Waals surface area contributed by atoms with E-state index in [2.05, 4.69) is 0 Å². The maximum Gasteiger partial charge on any atom is 0.389 e. The van der Waals surface area contributed by atoms with Gasteiger partial charge >= 0.3 is 12.1 Å². The Kier molecular flexibility index (Phi) is 5.15. The Morgan fingerprint density at radius 3 is 2.44 bits per heavy atom. The lowest BCUT2D eigenvalue weighted by Crippen LogP contribution is -2.25. The van der Waals surface area contributed by atoms with Gasteiger partial charge in [0.2, 0.25) is 0 Å². The fourth-order valence-corrected chi connectivity index (χ4v) is 1.24. The van der Waals surface area contributed by atoms with Crippen LogP contribution in [0.1, 0.15) is 18.4 Å². The minimum Gasteiger partial charge on any atom is -0.459 e. The number of aliphatic hydroxyl groups is 1. The SMILES string of the molecule is O=C(OCc1ccccc1)[C@H](O)CCC(F)(F)F. The summed E-state index contributed by atoms with van der Waals surface area (Å²) in [5.74, 6) is -1.04. The average Bonchev–Trinajstić information content (AvgIpc) is 2.33. The quantitative estimate of drug-likeness (QED) is 0.829. The van der Waals surface area contributed by atoms with Crippen LogP contribution in [0.4, 0.5) is 13.2 Å². The molecule has 0 unspecified atom stereocenters. The van der Waals surface area contributed by atoms with Crippen LogP contribution < -0.4 is 0 Å². The van der Waals surface area contributed by atoms with Gasteiger partial charge < -0.3 is 9.84 Å². The molecule has 0 bridgehead atoms. The highest BCUT2D eigenvalue weighted by atomic mass is 19.4. The molecule has 0 aliphatic rings. The van der Waals surface area contributed by atoms with Gasteiger partial charge in [0.25, 0.3) is 0 Å². The number of hydrogen-bond donors (Lipinski definition) is 1. The van der Waals surface area contributed by atoms with Gasteiger partial charge in [-0.15, -0.1) is 0 Å². The van der Waals surface area contributed by atoms with E-state index in [0.29, 0.717) is 5.56 Å². The van der Waals surface area contributed by atoms with Gasteiger partial charge in [0.1, 0.15) is 6.61 Å². The van der Waals surface area contributed by atoms with Crippen LogP contribution in [0.3, 0.4) is 0 Å². The summed E-state index contributed by atoms with van der Waals surface area (Å²) < 4.78 is 40.3. The third kappa shape index (κ3) is 5.67. The van der Waals surface area contributed by atoms with E-state index in [-0.39, 0.29) is 6.61 Å². The molecule has 1 aromatic carbocycles. The van der Waals surface area contributed by atoms with Crippen LogP contribution in [-0.4, -0.2) is 23.4 Å². The second-order valence-electron chi connectivity index (χ2n) is 3.76. The van der Waals surface area contributed by atoms with Gasteiger partial charge in [-0.25, -0.2) is 4.79 Å². The first kappa shape index (κ1) is 14.5. The summed E-state index contributed by atoms with van der Waals surface area (Å²) in [5.41, 5.74) is 0.703. The maximum atomic E-state index is 11.9. The smallest absolute Gasteiger partial charge is 0.389 e. The average molecular weight is 262 g/mol. The summed E-state index contributed by atoms with van der Waals surface area (Å²) in [4.78, 5) is 11.2. The van der Waals surface area contributed by atoms with Crippen molar-refractivity contribution >= 4 is 5.97 Å². The Morgan fingerprint density at radius 1 is 1.28 bits per heavy atom. The highest BCUT2D eigenvalue weighted by molar-refractivity contribution is 5.74. The lowest BCUT2D eigenvalue weighted by molar-refractivity contribution is -0.161. The highest BCUT2D eigenvalue weighted by Gasteiger charge is 2.30. The number of ether oxygens (including phenoxy) is 1. The summed E-state index contributed by atoms with van der Waals surface area (Å²) in [6.07, 6.45) is -8.03. The van der Waals surface area contributed by atoms with E-state index >= 15 is 0 Å². The van der Waals surface area contributed by atoms with E-state index in [9.17, 15) is 23.1 Å².